The van der Waals surface area contributed by atoms with Crippen molar-refractivity contribution < 1.29 is 5.11 Å². The Morgan fingerprint density at radius 1 is 1.00 bits per heavy atom. The second-order valence-corrected chi connectivity index (χ2v) is 5.74. The summed E-state index contributed by atoms with van der Waals surface area (Å²) < 4.78 is 0. The number of benzene rings is 2. The normalized spacial score (nSPS) is 21.8. The molecule has 2 atom stereocenters. The lowest BCUT2D eigenvalue weighted by Crippen LogP contribution is -2.49. The van der Waals surface area contributed by atoms with E-state index in [-0.39, 0.29) is 12.0 Å². The van der Waals surface area contributed by atoms with Crippen molar-refractivity contribution >= 4 is 0 Å². The van der Waals surface area contributed by atoms with Gasteiger partial charge in [0, 0.05) is 12.5 Å². The summed E-state index contributed by atoms with van der Waals surface area (Å²) in [6, 6.07) is 19.7. The van der Waals surface area contributed by atoms with Gasteiger partial charge in [0.15, 0.2) is 0 Å². The molecule has 0 radical (unpaired) electrons. The Morgan fingerprint density at radius 2 is 1.55 bits per heavy atom. The number of aliphatic hydroxyl groups excluding tert-OH is 1. The molecular formula is C18H20N2O2. The van der Waals surface area contributed by atoms with E-state index in [9.17, 15) is 10.0 Å². The molecule has 114 valence electrons. The molecule has 3 rings (SSSR count). The molecule has 0 amide bonds. The molecule has 0 aromatic heterocycles. The van der Waals surface area contributed by atoms with Crippen molar-refractivity contribution in [3.05, 3.63) is 76.7 Å². The van der Waals surface area contributed by atoms with Crippen molar-refractivity contribution in [3.63, 3.8) is 0 Å². The average Bonchev–Trinajstić information content (AvgIpc) is 2.58. The first kappa shape index (κ1) is 14.7. The minimum Gasteiger partial charge on any atom is -0.391 e. The molecule has 1 fully saturated rings. The highest BCUT2D eigenvalue weighted by Crippen LogP contribution is 2.36. The molecule has 4 nitrogen and oxygen atoms in total. The van der Waals surface area contributed by atoms with Gasteiger partial charge in [0.1, 0.15) is 0 Å². The van der Waals surface area contributed by atoms with Gasteiger partial charge in [-0.05, 0) is 24.0 Å². The summed E-state index contributed by atoms with van der Waals surface area (Å²) >= 11 is 0. The van der Waals surface area contributed by atoms with Crippen LogP contribution in [-0.4, -0.2) is 28.8 Å². The Bertz CT molecular complexity index is 563. The second kappa shape index (κ2) is 6.71. The number of rotatable bonds is 4. The fraction of sp³-hybridized carbons (Fsp3) is 0.333. The summed E-state index contributed by atoms with van der Waals surface area (Å²) in [4.78, 5) is 11.2. The number of aliphatic hydroxyl groups is 1. The largest absolute Gasteiger partial charge is 0.391 e. The predicted octanol–water partition coefficient (Wildman–Crippen LogP) is 3.33. The molecule has 4 heteroatoms. The van der Waals surface area contributed by atoms with E-state index in [1.165, 1.54) is 5.01 Å². The molecule has 1 aliphatic rings. The van der Waals surface area contributed by atoms with E-state index in [2.05, 4.69) is 5.29 Å². The minimum atomic E-state index is -0.558. The van der Waals surface area contributed by atoms with Crippen LogP contribution in [0.25, 0.3) is 0 Å². The lowest BCUT2D eigenvalue weighted by Gasteiger charge is -2.40. The van der Waals surface area contributed by atoms with Gasteiger partial charge in [-0.3, -0.25) is 5.01 Å². The van der Waals surface area contributed by atoms with Gasteiger partial charge in [-0.25, -0.2) is 0 Å². The molecule has 2 aromatic rings. The quantitative estimate of drug-likeness (QED) is 0.881. The van der Waals surface area contributed by atoms with Crippen molar-refractivity contribution in [1.82, 2.24) is 5.01 Å². The van der Waals surface area contributed by atoms with E-state index in [4.69, 9.17) is 0 Å². The van der Waals surface area contributed by atoms with Crippen LogP contribution in [0.15, 0.2) is 65.9 Å². The molecule has 1 saturated heterocycles. The molecule has 22 heavy (non-hydrogen) atoms. The maximum absolute atomic E-state index is 11.2. The Labute approximate surface area is 130 Å². The van der Waals surface area contributed by atoms with Crippen LogP contribution in [0.1, 0.15) is 29.9 Å². The molecular weight excluding hydrogens is 276 g/mol. The summed E-state index contributed by atoms with van der Waals surface area (Å²) in [5.41, 5.74) is 2.18. The number of piperidine rings is 1. The zero-order chi connectivity index (χ0) is 15.4. The minimum absolute atomic E-state index is 0.0737. The first-order valence-corrected chi connectivity index (χ1v) is 7.69. The van der Waals surface area contributed by atoms with Crippen LogP contribution in [-0.2, 0) is 0 Å². The number of hydrogen-bond acceptors (Lipinski definition) is 3. The van der Waals surface area contributed by atoms with Crippen molar-refractivity contribution in [3.8, 4) is 0 Å². The smallest absolute Gasteiger partial charge is 0.0870 e. The molecule has 1 aliphatic heterocycles. The second-order valence-electron chi connectivity index (χ2n) is 5.74. The number of hydrogen-bond donors (Lipinski definition) is 1. The third-order valence-electron chi connectivity index (χ3n) is 4.39. The highest BCUT2D eigenvalue weighted by Gasteiger charge is 2.38. The first-order chi connectivity index (χ1) is 10.8. The molecule has 2 aromatic carbocycles. The monoisotopic (exact) mass is 296 g/mol. The summed E-state index contributed by atoms with van der Waals surface area (Å²) in [7, 11) is 0. The molecule has 1 N–H and O–H groups in total. The molecule has 1 heterocycles. The zero-order valence-electron chi connectivity index (χ0n) is 12.4. The maximum atomic E-state index is 11.2. The van der Waals surface area contributed by atoms with Crippen LogP contribution < -0.4 is 0 Å². The maximum Gasteiger partial charge on any atom is 0.0870 e. The zero-order valence-corrected chi connectivity index (χ0v) is 12.4. The Kier molecular flexibility index (Phi) is 4.49. The Balaban J connectivity index is 2.06. The molecule has 0 saturated carbocycles. The lowest BCUT2D eigenvalue weighted by molar-refractivity contribution is 0.00326. The van der Waals surface area contributed by atoms with E-state index in [1.807, 2.05) is 60.7 Å². The summed E-state index contributed by atoms with van der Waals surface area (Å²) in [5, 5.41) is 15.2. The van der Waals surface area contributed by atoms with E-state index in [0.717, 1.165) is 17.5 Å². The van der Waals surface area contributed by atoms with Gasteiger partial charge >= 0.3 is 0 Å². The fourth-order valence-corrected chi connectivity index (χ4v) is 3.38. The van der Waals surface area contributed by atoms with E-state index in [0.29, 0.717) is 13.0 Å². The Morgan fingerprint density at radius 3 is 2.05 bits per heavy atom. The SMILES string of the molecule is O=NN1CCC[C@H](O)[C@H]1C(c1ccccc1)c1ccccc1. The third-order valence-corrected chi connectivity index (χ3v) is 4.39. The van der Waals surface area contributed by atoms with Crippen LogP contribution in [0.3, 0.4) is 0 Å². The van der Waals surface area contributed by atoms with Gasteiger partial charge in [0.05, 0.1) is 17.4 Å². The topological polar surface area (TPSA) is 52.9 Å². The number of nitroso groups, excluding NO2 is 1. The molecule has 0 bridgehead atoms. The van der Waals surface area contributed by atoms with Crippen molar-refractivity contribution in [2.24, 2.45) is 5.29 Å². The summed E-state index contributed by atoms with van der Waals surface area (Å²) in [6.45, 7) is 0.599. The van der Waals surface area contributed by atoms with Crippen molar-refractivity contribution in [1.29, 1.82) is 0 Å². The van der Waals surface area contributed by atoms with Gasteiger partial charge in [-0.2, -0.15) is 0 Å². The van der Waals surface area contributed by atoms with Crippen LogP contribution in [0.5, 0.6) is 0 Å². The van der Waals surface area contributed by atoms with Crippen molar-refractivity contribution in [2.75, 3.05) is 6.54 Å². The predicted molar refractivity (Wildman–Crippen MR) is 86.3 cm³/mol. The van der Waals surface area contributed by atoms with Gasteiger partial charge in [-0.15, -0.1) is 4.91 Å². The standard InChI is InChI=1S/C18H20N2O2/c21-16-12-7-13-20(19-22)18(16)17(14-8-3-1-4-9-14)15-10-5-2-6-11-15/h1-6,8-11,16-18,21H,7,12-13H2/t16-,18-/m0/s1. The fourth-order valence-electron chi connectivity index (χ4n) is 3.38. The third kappa shape index (κ3) is 2.88. The summed E-state index contributed by atoms with van der Waals surface area (Å²) in [6.07, 6.45) is 0.934. The molecule has 0 spiro atoms. The van der Waals surface area contributed by atoms with Crippen LogP contribution in [0.2, 0.25) is 0 Å². The van der Waals surface area contributed by atoms with E-state index < -0.39 is 6.10 Å². The Hall–Kier alpha value is -2.20. The summed E-state index contributed by atoms with van der Waals surface area (Å²) in [5.74, 6) is -0.0737. The highest BCUT2D eigenvalue weighted by molar-refractivity contribution is 5.35. The highest BCUT2D eigenvalue weighted by atomic mass is 16.3. The lowest BCUT2D eigenvalue weighted by atomic mass is 9.80. The van der Waals surface area contributed by atoms with Gasteiger partial charge in [0.2, 0.25) is 0 Å². The van der Waals surface area contributed by atoms with Gasteiger partial charge in [0.25, 0.3) is 0 Å². The van der Waals surface area contributed by atoms with Crippen molar-refractivity contribution in [2.45, 2.75) is 30.9 Å². The molecule has 0 unspecified atom stereocenters. The average molecular weight is 296 g/mol. The van der Waals surface area contributed by atoms with Gasteiger partial charge in [-0.1, -0.05) is 60.7 Å². The molecule has 0 aliphatic carbocycles. The van der Waals surface area contributed by atoms with Crippen LogP contribution in [0.4, 0.5) is 0 Å². The first-order valence-electron chi connectivity index (χ1n) is 7.69. The van der Waals surface area contributed by atoms with Gasteiger partial charge < -0.3 is 5.11 Å². The van der Waals surface area contributed by atoms with E-state index >= 15 is 0 Å². The van der Waals surface area contributed by atoms with Crippen LogP contribution >= 0.6 is 0 Å². The number of nitrogens with zero attached hydrogens (tertiary/aromatic N) is 2. The van der Waals surface area contributed by atoms with Crippen LogP contribution in [0, 0.1) is 4.91 Å². The van der Waals surface area contributed by atoms with E-state index in [1.54, 1.807) is 0 Å².